The standard InChI is InChI=1S/C15H16Cl2N2O3S/c16-11-7-9(12(17)23-11)10(20)8-19-13(21)15(18-14(19)22)5-3-1-2-4-6-15/h7H,1-6,8H2,(H,18,22). The summed E-state index contributed by atoms with van der Waals surface area (Å²) in [5.41, 5.74) is -0.576. The molecule has 8 heteroatoms. The minimum absolute atomic E-state index is 0.254. The third-order valence-electron chi connectivity index (χ3n) is 4.46. The van der Waals surface area contributed by atoms with Crippen molar-refractivity contribution in [3.05, 3.63) is 20.3 Å². The predicted octanol–water partition coefficient (Wildman–Crippen LogP) is 3.88. The largest absolute Gasteiger partial charge is 0.325 e. The van der Waals surface area contributed by atoms with Gasteiger partial charge in [0.05, 0.1) is 16.4 Å². The van der Waals surface area contributed by atoms with Crippen LogP contribution in [0.15, 0.2) is 6.07 Å². The van der Waals surface area contributed by atoms with E-state index in [1.165, 1.54) is 6.07 Å². The van der Waals surface area contributed by atoms with E-state index >= 15 is 0 Å². The van der Waals surface area contributed by atoms with Crippen molar-refractivity contribution in [2.45, 2.75) is 44.1 Å². The topological polar surface area (TPSA) is 66.5 Å². The number of amides is 3. The lowest BCUT2D eigenvalue weighted by Crippen LogP contribution is -2.46. The van der Waals surface area contributed by atoms with Crippen LogP contribution in [0, 0.1) is 0 Å². The fraction of sp³-hybridized carbons (Fsp3) is 0.533. The minimum Gasteiger partial charge on any atom is -0.323 e. The predicted molar refractivity (Wildman–Crippen MR) is 89.3 cm³/mol. The molecule has 2 aliphatic rings. The minimum atomic E-state index is -0.829. The van der Waals surface area contributed by atoms with E-state index in [-0.39, 0.29) is 28.1 Å². The second kappa shape index (κ2) is 6.42. The van der Waals surface area contributed by atoms with Crippen LogP contribution in [-0.4, -0.2) is 34.7 Å². The van der Waals surface area contributed by atoms with E-state index in [4.69, 9.17) is 23.2 Å². The molecule has 3 rings (SSSR count). The summed E-state index contributed by atoms with van der Waals surface area (Å²) in [7, 11) is 0. The first-order valence-corrected chi connectivity index (χ1v) is 9.12. The van der Waals surface area contributed by atoms with E-state index in [0.717, 1.165) is 41.9 Å². The average Bonchev–Trinajstić information content (AvgIpc) is 2.82. The maximum atomic E-state index is 12.7. The van der Waals surface area contributed by atoms with Crippen LogP contribution < -0.4 is 5.32 Å². The number of nitrogens with one attached hydrogen (secondary N) is 1. The molecule has 1 saturated heterocycles. The number of urea groups is 1. The molecule has 1 saturated carbocycles. The Balaban J connectivity index is 1.78. The zero-order valence-corrected chi connectivity index (χ0v) is 14.7. The van der Waals surface area contributed by atoms with Gasteiger partial charge in [-0.25, -0.2) is 4.79 Å². The zero-order valence-electron chi connectivity index (χ0n) is 12.4. The number of hydrogen-bond donors (Lipinski definition) is 1. The Labute approximate surface area is 147 Å². The highest BCUT2D eigenvalue weighted by Crippen LogP contribution is 2.34. The number of nitrogens with zero attached hydrogens (tertiary/aromatic N) is 1. The number of imide groups is 1. The molecule has 0 aromatic carbocycles. The molecule has 23 heavy (non-hydrogen) atoms. The third kappa shape index (κ3) is 3.12. The monoisotopic (exact) mass is 374 g/mol. The van der Waals surface area contributed by atoms with Crippen molar-refractivity contribution < 1.29 is 14.4 Å². The van der Waals surface area contributed by atoms with Gasteiger partial charge in [0.1, 0.15) is 9.88 Å². The Bertz CT molecular complexity index is 666. The molecule has 2 fully saturated rings. The molecular weight excluding hydrogens is 359 g/mol. The molecular formula is C15H16Cl2N2O3S. The van der Waals surface area contributed by atoms with Crippen LogP contribution in [0.1, 0.15) is 48.9 Å². The molecule has 0 atom stereocenters. The number of carbonyl (C=O) groups is 3. The molecule has 0 bridgehead atoms. The molecule has 5 nitrogen and oxygen atoms in total. The lowest BCUT2D eigenvalue weighted by atomic mass is 9.90. The number of rotatable bonds is 3. The van der Waals surface area contributed by atoms with Gasteiger partial charge in [-0.2, -0.15) is 0 Å². The van der Waals surface area contributed by atoms with Crippen LogP contribution in [0.25, 0.3) is 0 Å². The molecule has 1 aromatic rings. The van der Waals surface area contributed by atoms with Gasteiger partial charge in [0, 0.05) is 0 Å². The Kier molecular flexibility index (Phi) is 4.67. The molecule has 1 aromatic heterocycles. The van der Waals surface area contributed by atoms with Crippen LogP contribution in [0.3, 0.4) is 0 Å². The van der Waals surface area contributed by atoms with E-state index in [1.54, 1.807) is 0 Å². The number of hydrogen-bond acceptors (Lipinski definition) is 4. The quantitative estimate of drug-likeness (QED) is 0.644. The van der Waals surface area contributed by atoms with E-state index in [1.807, 2.05) is 0 Å². The van der Waals surface area contributed by atoms with Crippen molar-refractivity contribution in [1.29, 1.82) is 0 Å². The van der Waals surface area contributed by atoms with Crippen molar-refractivity contribution in [3.63, 3.8) is 0 Å². The van der Waals surface area contributed by atoms with E-state index in [0.29, 0.717) is 17.2 Å². The van der Waals surface area contributed by atoms with Gasteiger partial charge in [-0.05, 0) is 18.9 Å². The summed E-state index contributed by atoms with van der Waals surface area (Å²) in [5, 5.41) is 2.81. The second-order valence-corrected chi connectivity index (χ2v) is 8.26. The summed E-state index contributed by atoms with van der Waals surface area (Å²) in [4.78, 5) is 38.3. The Morgan fingerprint density at radius 1 is 1.22 bits per heavy atom. The molecule has 2 heterocycles. The lowest BCUT2D eigenvalue weighted by molar-refractivity contribution is -0.131. The van der Waals surface area contributed by atoms with Crippen molar-refractivity contribution in [2.75, 3.05) is 6.54 Å². The van der Waals surface area contributed by atoms with Crippen molar-refractivity contribution in [2.24, 2.45) is 0 Å². The molecule has 1 spiro atoms. The summed E-state index contributed by atoms with van der Waals surface area (Å²) in [6, 6.07) is 0.972. The number of carbonyl (C=O) groups excluding carboxylic acids is 3. The van der Waals surface area contributed by atoms with Gasteiger partial charge in [0.15, 0.2) is 5.78 Å². The number of halogens is 2. The molecule has 1 aliphatic heterocycles. The first kappa shape index (κ1) is 16.7. The average molecular weight is 375 g/mol. The number of thiophene rings is 1. The summed E-state index contributed by atoms with van der Waals surface area (Å²) in [6.07, 6.45) is 5.19. The van der Waals surface area contributed by atoms with E-state index < -0.39 is 11.6 Å². The fourth-order valence-corrected chi connectivity index (χ4v) is 4.75. The van der Waals surface area contributed by atoms with Crippen LogP contribution in [0.5, 0.6) is 0 Å². The third-order valence-corrected chi connectivity index (χ3v) is 5.95. The maximum absolute atomic E-state index is 12.7. The SMILES string of the molecule is O=C(CN1C(=O)NC2(CCCCCC2)C1=O)c1cc(Cl)sc1Cl. The van der Waals surface area contributed by atoms with Crippen molar-refractivity contribution >= 4 is 52.3 Å². The van der Waals surface area contributed by atoms with Crippen LogP contribution in [0.4, 0.5) is 4.79 Å². The van der Waals surface area contributed by atoms with Crippen LogP contribution in [0.2, 0.25) is 8.67 Å². The second-order valence-electron chi connectivity index (χ2n) is 5.98. The summed E-state index contributed by atoms with van der Waals surface area (Å²) in [5.74, 6) is -0.678. The van der Waals surface area contributed by atoms with Gasteiger partial charge in [0.25, 0.3) is 5.91 Å². The Morgan fingerprint density at radius 3 is 2.43 bits per heavy atom. The fourth-order valence-electron chi connectivity index (χ4n) is 3.25. The number of Topliss-reactive ketones (excluding diaryl/α,β-unsaturated/α-hetero) is 1. The van der Waals surface area contributed by atoms with Crippen molar-refractivity contribution in [1.82, 2.24) is 10.2 Å². The maximum Gasteiger partial charge on any atom is 0.325 e. The van der Waals surface area contributed by atoms with Crippen LogP contribution in [-0.2, 0) is 4.79 Å². The molecule has 0 unspecified atom stereocenters. The first-order valence-electron chi connectivity index (χ1n) is 7.55. The van der Waals surface area contributed by atoms with Gasteiger partial charge < -0.3 is 5.32 Å². The van der Waals surface area contributed by atoms with Gasteiger partial charge in [-0.3, -0.25) is 14.5 Å². The van der Waals surface area contributed by atoms with E-state index in [2.05, 4.69) is 5.32 Å². The van der Waals surface area contributed by atoms with E-state index in [9.17, 15) is 14.4 Å². The summed E-state index contributed by atoms with van der Waals surface area (Å²) in [6.45, 7) is -0.306. The normalized spacial score (nSPS) is 20.7. The first-order chi connectivity index (χ1) is 10.9. The van der Waals surface area contributed by atoms with Gasteiger partial charge in [-0.15, -0.1) is 11.3 Å². The summed E-state index contributed by atoms with van der Waals surface area (Å²) < 4.78 is 0.673. The van der Waals surface area contributed by atoms with Gasteiger partial charge in [0.2, 0.25) is 0 Å². The summed E-state index contributed by atoms with van der Waals surface area (Å²) >= 11 is 12.9. The van der Waals surface area contributed by atoms with Crippen LogP contribution >= 0.6 is 34.5 Å². The zero-order chi connectivity index (χ0) is 16.6. The molecule has 0 radical (unpaired) electrons. The highest BCUT2D eigenvalue weighted by atomic mass is 35.5. The smallest absolute Gasteiger partial charge is 0.323 e. The lowest BCUT2D eigenvalue weighted by Gasteiger charge is -2.24. The van der Waals surface area contributed by atoms with Gasteiger partial charge >= 0.3 is 6.03 Å². The molecule has 1 aliphatic carbocycles. The number of ketones is 1. The highest BCUT2D eigenvalue weighted by Gasteiger charge is 2.51. The molecule has 124 valence electrons. The van der Waals surface area contributed by atoms with Crippen molar-refractivity contribution in [3.8, 4) is 0 Å². The Hall–Kier alpha value is -1.11. The van der Waals surface area contributed by atoms with Gasteiger partial charge in [-0.1, -0.05) is 48.9 Å². The Morgan fingerprint density at radius 2 is 1.87 bits per heavy atom. The highest BCUT2D eigenvalue weighted by molar-refractivity contribution is 7.20. The molecule has 1 N–H and O–H groups in total. The molecule has 3 amide bonds.